The van der Waals surface area contributed by atoms with Gasteiger partial charge >= 0.3 is 5.97 Å². The summed E-state index contributed by atoms with van der Waals surface area (Å²) in [7, 11) is 1.40. The standard InChI is InChI=1S/C15H30N2O2/c1-12(2)8-10-17(13-6-4-5-7-13)11-9-14(16)15(18)19-3/h12-14H,4-11,16H2,1-3H3. The third-order valence-electron chi connectivity index (χ3n) is 4.07. The van der Waals surface area contributed by atoms with Gasteiger partial charge in [0.15, 0.2) is 0 Å². The largest absolute Gasteiger partial charge is 0.468 e. The van der Waals surface area contributed by atoms with Gasteiger partial charge in [-0.2, -0.15) is 0 Å². The highest BCUT2D eigenvalue weighted by Gasteiger charge is 2.24. The molecule has 0 aromatic carbocycles. The molecular formula is C15H30N2O2. The summed E-state index contributed by atoms with van der Waals surface area (Å²) in [5, 5.41) is 0. The van der Waals surface area contributed by atoms with Crippen LogP contribution >= 0.6 is 0 Å². The van der Waals surface area contributed by atoms with Gasteiger partial charge in [0.2, 0.25) is 0 Å². The predicted molar refractivity (Wildman–Crippen MR) is 77.9 cm³/mol. The fraction of sp³-hybridized carbons (Fsp3) is 0.933. The van der Waals surface area contributed by atoms with Gasteiger partial charge in [-0.1, -0.05) is 26.7 Å². The molecule has 1 unspecified atom stereocenters. The van der Waals surface area contributed by atoms with Crippen molar-refractivity contribution in [2.75, 3.05) is 20.2 Å². The summed E-state index contributed by atoms with van der Waals surface area (Å²) in [5.74, 6) is 0.424. The first kappa shape index (κ1) is 16.4. The molecule has 4 nitrogen and oxygen atoms in total. The molecule has 19 heavy (non-hydrogen) atoms. The molecule has 2 N–H and O–H groups in total. The lowest BCUT2D eigenvalue weighted by molar-refractivity contribution is -0.142. The maximum Gasteiger partial charge on any atom is 0.322 e. The molecule has 1 aliphatic carbocycles. The van der Waals surface area contributed by atoms with Gasteiger partial charge in [-0.25, -0.2) is 0 Å². The Hall–Kier alpha value is -0.610. The molecule has 0 heterocycles. The first-order chi connectivity index (χ1) is 9.04. The van der Waals surface area contributed by atoms with E-state index in [0.717, 1.165) is 19.0 Å². The van der Waals surface area contributed by atoms with Crippen molar-refractivity contribution in [3.8, 4) is 0 Å². The van der Waals surface area contributed by atoms with Crippen molar-refractivity contribution < 1.29 is 9.53 Å². The maximum atomic E-state index is 11.3. The van der Waals surface area contributed by atoms with Gasteiger partial charge in [-0.05, 0) is 38.1 Å². The van der Waals surface area contributed by atoms with Crippen LogP contribution in [0.15, 0.2) is 0 Å². The molecule has 0 aromatic rings. The zero-order chi connectivity index (χ0) is 14.3. The molecular weight excluding hydrogens is 240 g/mol. The van der Waals surface area contributed by atoms with Crippen molar-refractivity contribution in [1.29, 1.82) is 0 Å². The molecule has 0 radical (unpaired) electrons. The van der Waals surface area contributed by atoms with Crippen LogP contribution in [0.4, 0.5) is 0 Å². The molecule has 1 rings (SSSR count). The molecule has 1 atom stereocenters. The van der Waals surface area contributed by atoms with Gasteiger partial charge in [-0.3, -0.25) is 4.79 Å². The summed E-state index contributed by atoms with van der Waals surface area (Å²) in [6, 6.07) is 0.219. The molecule has 0 aromatic heterocycles. The minimum Gasteiger partial charge on any atom is -0.468 e. The fourth-order valence-corrected chi connectivity index (χ4v) is 2.74. The van der Waals surface area contributed by atoms with E-state index in [-0.39, 0.29) is 5.97 Å². The number of carbonyl (C=O) groups excluding carboxylic acids is 1. The van der Waals surface area contributed by atoms with Gasteiger partial charge in [0, 0.05) is 12.6 Å². The topological polar surface area (TPSA) is 55.6 Å². The van der Waals surface area contributed by atoms with Crippen LogP contribution in [0, 0.1) is 5.92 Å². The van der Waals surface area contributed by atoms with Gasteiger partial charge < -0.3 is 15.4 Å². The van der Waals surface area contributed by atoms with Crippen LogP contribution in [0.3, 0.4) is 0 Å². The molecule has 1 fully saturated rings. The number of carbonyl (C=O) groups is 1. The first-order valence-corrected chi connectivity index (χ1v) is 7.62. The highest BCUT2D eigenvalue weighted by atomic mass is 16.5. The molecule has 0 spiro atoms. The summed E-state index contributed by atoms with van der Waals surface area (Å²) >= 11 is 0. The lowest BCUT2D eigenvalue weighted by Gasteiger charge is -2.30. The molecule has 0 amide bonds. The van der Waals surface area contributed by atoms with Gasteiger partial charge in [0.1, 0.15) is 6.04 Å². The second kappa shape index (κ2) is 8.54. The number of nitrogens with two attached hydrogens (primary N) is 1. The zero-order valence-electron chi connectivity index (χ0n) is 12.7. The number of methoxy groups -OCH3 is 1. The van der Waals surface area contributed by atoms with E-state index < -0.39 is 6.04 Å². The molecule has 0 saturated heterocycles. The van der Waals surface area contributed by atoms with Crippen LogP contribution in [0.5, 0.6) is 0 Å². The Morgan fingerprint density at radius 1 is 1.26 bits per heavy atom. The third-order valence-corrected chi connectivity index (χ3v) is 4.07. The van der Waals surface area contributed by atoms with E-state index in [2.05, 4.69) is 23.5 Å². The Morgan fingerprint density at radius 2 is 1.84 bits per heavy atom. The van der Waals surface area contributed by atoms with Crippen LogP contribution in [0.2, 0.25) is 0 Å². The number of hydrogen-bond acceptors (Lipinski definition) is 4. The van der Waals surface area contributed by atoms with Crippen molar-refractivity contribution in [2.24, 2.45) is 11.7 Å². The maximum absolute atomic E-state index is 11.3. The summed E-state index contributed by atoms with van der Waals surface area (Å²) in [6.07, 6.45) is 7.18. The van der Waals surface area contributed by atoms with E-state index in [1.165, 1.54) is 39.2 Å². The number of nitrogens with zero attached hydrogens (tertiary/aromatic N) is 1. The van der Waals surface area contributed by atoms with E-state index in [4.69, 9.17) is 5.73 Å². The van der Waals surface area contributed by atoms with E-state index in [9.17, 15) is 4.79 Å². The Bertz CT molecular complexity index is 263. The van der Waals surface area contributed by atoms with Crippen LogP contribution in [-0.4, -0.2) is 43.2 Å². The molecule has 0 aliphatic heterocycles. The van der Waals surface area contributed by atoms with Crippen LogP contribution in [0.25, 0.3) is 0 Å². The number of ether oxygens (including phenoxy) is 1. The number of esters is 1. The van der Waals surface area contributed by atoms with E-state index >= 15 is 0 Å². The van der Waals surface area contributed by atoms with E-state index in [1.807, 2.05) is 0 Å². The SMILES string of the molecule is COC(=O)C(N)CCN(CCC(C)C)C1CCCC1. The predicted octanol–water partition coefficient (Wildman–Crippen LogP) is 2.17. The minimum atomic E-state index is -0.479. The Labute approximate surface area is 117 Å². The summed E-state index contributed by atoms with van der Waals surface area (Å²) in [4.78, 5) is 13.9. The average Bonchev–Trinajstić information content (AvgIpc) is 2.91. The Morgan fingerprint density at radius 3 is 2.37 bits per heavy atom. The van der Waals surface area contributed by atoms with Crippen molar-refractivity contribution >= 4 is 5.97 Å². The van der Waals surface area contributed by atoms with Gasteiger partial charge in [0.05, 0.1) is 7.11 Å². The highest BCUT2D eigenvalue weighted by molar-refractivity contribution is 5.75. The van der Waals surface area contributed by atoms with Crippen LogP contribution in [0.1, 0.15) is 52.4 Å². The Kier molecular flexibility index (Phi) is 7.39. The van der Waals surface area contributed by atoms with Crippen molar-refractivity contribution in [1.82, 2.24) is 4.90 Å². The highest BCUT2D eigenvalue weighted by Crippen LogP contribution is 2.24. The monoisotopic (exact) mass is 270 g/mol. The quantitative estimate of drug-likeness (QED) is 0.687. The fourth-order valence-electron chi connectivity index (χ4n) is 2.74. The first-order valence-electron chi connectivity index (χ1n) is 7.62. The van der Waals surface area contributed by atoms with Crippen LogP contribution in [-0.2, 0) is 9.53 Å². The normalized spacial score (nSPS) is 18.2. The van der Waals surface area contributed by atoms with Crippen LogP contribution < -0.4 is 5.73 Å². The average molecular weight is 270 g/mol. The number of rotatable bonds is 8. The molecule has 1 aliphatic rings. The molecule has 0 bridgehead atoms. The summed E-state index contributed by atoms with van der Waals surface area (Å²) < 4.78 is 4.69. The second-order valence-corrected chi connectivity index (χ2v) is 6.08. The molecule has 4 heteroatoms. The van der Waals surface area contributed by atoms with E-state index in [1.54, 1.807) is 0 Å². The second-order valence-electron chi connectivity index (χ2n) is 6.08. The lowest BCUT2D eigenvalue weighted by atomic mass is 10.1. The molecule has 112 valence electrons. The van der Waals surface area contributed by atoms with Crippen molar-refractivity contribution in [3.05, 3.63) is 0 Å². The van der Waals surface area contributed by atoms with E-state index in [0.29, 0.717) is 12.5 Å². The summed E-state index contributed by atoms with van der Waals surface area (Å²) in [5.41, 5.74) is 5.83. The Balaban J connectivity index is 2.41. The third kappa shape index (κ3) is 5.91. The zero-order valence-corrected chi connectivity index (χ0v) is 12.7. The number of hydrogen-bond donors (Lipinski definition) is 1. The van der Waals surface area contributed by atoms with Crippen molar-refractivity contribution in [2.45, 2.75) is 64.5 Å². The smallest absolute Gasteiger partial charge is 0.322 e. The minimum absolute atomic E-state index is 0.296. The molecule has 1 saturated carbocycles. The summed E-state index contributed by atoms with van der Waals surface area (Å²) in [6.45, 7) is 6.55. The van der Waals surface area contributed by atoms with Gasteiger partial charge in [0.25, 0.3) is 0 Å². The lowest BCUT2D eigenvalue weighted by Crippen LogP contribution is -2.40. The van der Waals surface area contributed by atoms with Crippen molar-refractivity contribution in [3.63, 3.8) is 0 Å². The van der Waals surface area contributed by atoms with Gasteiger partial charge in [-0.15, -0.1) is 0 Å².